The molecule has 1 aromatic rings. The fraction of sp³-hybridized carbons (Fsp3) is 0.600. The number of nitrogens with zero attached hydrogens (tertiary/aromatic N) is 1. The van der Waals surface area contributed by atoms with E-state index < -0.39 is 10.0 Å². The molecule has 0 spiro atoms. The summed E-state index contributed by atoms with van der Waals surface area (Å²) < 4.78 is 24.4. The van der Waals surface area contributed by atoms with Crippen molar-refractivity contribution >= 4 is 27.3 Å². The van der Waals surface area contributed by atoms with E-state index in [1.165, 1.54) is 11.9 Å². The fourth-order valence-electron chi connectivity index (χ4n) is 2.63. The first kappa shape index (κ1) is 17.5. The molecule has 1 heterocycles. The lowest BCUT2D eigenvalue weighted by Crippen LogP contribution is -2.44. The van der Waals surface area contributed by atoms with Crippen LogP contribution < -0.4 is 14.9 Å². The largest absolute Gasteiger partial charge is 0.371 e. The van der Waals surface area contributed by atoms with Gasteiger partial charge < -0.3 is 10.2 Å². The molecule has 7 heteroatoms. The van der Waals surface area contributed by atoms with Crippen LogP contribution in [0.2, 0.25) is 5.02 Å². The molecular weight excluding hydrogens is 322 g/mol. The third-order valence-corrected chi connectivity index (χ3v) is 5.07. The zero-order valence-corrected chi connectivity index (χ0v) is 14.7. The van der Waals surface area contributed by atoms with Gasteiger partial charge in [-0.3, -0.25) is 0 Å². The van der Waals surface area contributed by atoms with E-state index in [0.717, 1.165) is 36.5 Å². The highest BCUT2D eigenvalue weighted by Gasteiger charge is 2.19. The van der Waals surface area contributed by atoms with Crippen LogP contribution in [0.4, 0.5) is 5.69 Å². The van der Waals surface area contributed by atoms with Gasteiger partial charge in [0.15, 0.2) is 0 Å². The number of halogens is 1. The third kappa shape index (κ3) is 5.43. The maximum atomic E-state index is 11.0. The molecule has 0 saturated carbocycles. The average molecular weight is 346 g/mol. The Morgan fingerprint density at radius 2 is 1.95 bits per heavy atom. The van der Waals surface area contributed by atoms with Crippen molar-refractivity contribution in [2.45, 2.75) is 25.8 Å². The summed E-state index contributed by atoms with van der Waals surface area (Å²) in [5, 5.41) is 4.22. The molecule has 0 atom stereocenters. The highest BCUT2D eigenvalue weighted by molar-refractivity contribution is 7.88. The van der Waals surface area contributed by atoms with E-state index in [1.807, 2.05) is 13.0 Å². The van der Waals surface area contributed by atoms with E-state index in [4.69, 9.17) is 11.6 Å². The van der Waals surface area contributed by atoms with Gasteiger partial charge in [0, 0.05) is 42.9 Å². The molecule has 1 aromatic carbocycles. The van der Waals surface area contributed by atoms with Crippen molar-refractivity contribution in [1.29, 1.82) is 0 Å². The van der Waals surface area contributed by atoms with Crippen LogP contribution in [0.3, 0.4) is 0 Å². The van der Waals surface area contributed by atoms with Crippen molar-refractivity contribution in [3.05, 3.63) is 28.8 Å². The number of rotatable bonds is 6. The standard InChI is InChI=1S/C15H24ClN3O2S/c1-12-3-4-14(11-15(12)16)19-9-5-13(6-10-19)17-7-8-18-22(2,20)21/h3-4,11,13,17-18H,5-10H2,1-2H3. The summed E-state index contributed by atoms with van der Waals surface area (Å²) in [6.45, 7) is 5.07. The Morgan fingerprint density at radius 3 is 2.55 bits per heavy atom. The minimum Gasteiger partial charge on any atom is -0.371 e. The van der Waals surface area contributed by atoms with Crippen LogP contribution >= 0.6 is 11.6 Å². The van der Waals surface area contributed by atoms with Gasteiger partial charge in [-0.05, 0) is 37.5 Å². The van der Waals surface area contributed by atoms with Crippen molar-refractivity contribution < 1.29 is 8.42 Å². The lowest BCUT2D eigenvalue weighted by atomic mass is 10.0. The molecule has 0 amide bonds. The second kappa shape index (κ2) is 7.64. The smallest absolute Gasteiger partial charge is 0.208 e. The predicted octanol–water partition coefficient (Wildman–Crippen LogP) is 1.76. The number of piperidine rings is 1. The first-order valence-electron chi connectivity index (χ1n) is 7.54. The molecule has 0 aliphatic carbocycles. The lowest BCUT2D eigenvalue weighted by Gasteiger charge is -2.34. The lowest BCUT2D eigenvalue weighted by molar-refractivity contribution is 0.417. The molecule has 2 N–H and O–H groups in total. The Hall–Kier alpha value is -0.820. The summed E-state index contributed by atoms with van der Waals surface area (Å²) >= 11 is 6.19. The second-order valence-electron chi connectivity index (χ2n) is 5.82. The number of nitrogens with one attached hydrogen (secondary N) is 2. The second-order valence-corrected chi connectivity index (χ2v) is 8.06. The number of sulfonamides is 1. The molecule has 0 aromatic heterocycles. The highest BCUT2D eigenvalue weighted by atomic mass is 35.5. The van der Waals surface area contributed by atoms with Gasteiger partial charge in [0.25, 0.3) is 0 Å². The maximum absolute atomic E-state index is 11.0. The highest BCUT2D eigenvalue weighted by Crippen LogP contribution is 2.25. The summed E-state index contributed by atoms with van der Waals surface area (Å²) in [5.41, 5.74) is 2.27. The average Bonchev–Trinajstić information content (AvgIpc) is 2.46. The summed E-state index contributed by atoms with van der Waals surface area (Å²) in [5.74, 6) is 0. The zero-order chi connectivity index (χ0) is 16.2. The Morgan fingerprint density at radius 1 is 1.27 bits per heavy atom. The Labute approximate surface area is 138 Å². The van der Waals surface area contributed by atoms with Crippen LogP contribution in [0.1, 0.15) is 18.4 Å². The first-order chi connectivity index (χ1) is 10.3. The predicted molar refractivity (Wildman–Crippen MR) is 92.3 cm³/mol. The van der Waals surface area contributed by atoms with Crippen LogP contribution in [-0.4, -0.2) is 46.9 Å². The molecular formula is C15H24ClN3O2S. The SMILES string of the molecule is Cc1ccc(N2CCC(NCCNS(C)(=O)=O)CC2)cc1Cl. The molecule has 2 rings (SSSR count). The summed E-state index contributed by atoms with van der Waals surface area (Å²) in [4.78, 5) is 2.35. The van der Waals surface area contributed by atoms with Crippen molar-refractivity contribution in [1.82, 2.24) is 10.0 Å². The Balaban J connectivity index is 1.74. The van der Waals surface area contributed by atoms with Gasteiger partial charge in [-0.25, -0.2) is 13.1 Å². The van der Waals surface area contributed by atoms with Crippen molar-refractivity contribution in [2.75, 3.05) is 37.3 Å². The molecule has 0 unspecified atom stereocenters. The Kier molecular flexibility index (Phi) is 6.09. The monoisotopic (exact) mass is 345 g/mol. The van der Waals surface area contributed by atoms with Crippen molar-refractivity contribution in [3.63, 3.8) is 0 Å². The summed E-state index contributed by atoms with van der Waals surface area (Å²) in [6.07, 6.45) is 3.27. The molecule has 1 aliphatic rings. The minimum atomic E-state index is -3.09. The molecule has 1 fully saturated rings. The van der Waals surface area contributed by atoms with Gasteiger partial charge >= 0.3 is 0 Å². The Bertz CT molecular complexity index is 599. The summed E-state index contributed by atoms with van der Waals surface area (Å²) in [6, 6.07) is 6.64. The van der Waals surface area contributed by atoms with Gasteiger partial charge in [0.1, 0.15) is 0 Å². The van der Waals surface area contributed by atoms with Crippen LogP contribution in [0.5, 0.6) is 0 Å². The minimum absolute atomic E-state index is 0.437. The molecule has 1 aliphatic heterocycles. The first-order valence-corrected chi connectivity index (χ1v) is 9.81. The quantitative estimate of drug-likeness (QED) is 0.771. The van der Waals surface area contributed by atoms with Crippen LogP contribution in [-0.2, 0) is 10.0 Å². The van der Waals surface area contributed by atoms with Gasteiger partial charge in [-0.1, -0.05) is 17.7 Å². The maximum Gasteiger partial charge on any atom is 0.208 e. The molecule has 22 heavy (non-hydrogen) atoms. The van der Waals surface area contributed by atoms with Crippen LogP contribution in [0, 0.1) is 6.92 Å². The fourth-order valence-corrected chi connectivity index (χ4v) is 3.28. The van der Waals surface area contributed by atoms with E-state index in [9.17, 15) is 8.42 Å². The number of hydrogen-bond acceptors (Lipinski definition) is 4. The molecule has 5 nitrogen and oxygen atoms in total. The van der Waals surface area contributed by atoms with Gasteiger partial charge in [0.05, 0.1) is 6.26 Å². The topological polar surface area (TPSA) is 61.4 Å². The molecule has 124 valence electrons. The van der Waals surface area contributed by atoms with E-state index in [2.05, 4.69) is 27.1 Å². The third-order valence-electron chi connectivity index (χ3n) is 3.94. The van der Waals surface area contributed by atoms with Crippen molar-refractivity contribution in [3.8, 4) is 0 Å². The number of anilines is 1. The van der Waals surface area contributed by atoms with E-state index in [0.29, 0.717) is 19.1 Å². The van der Waals surface area contributed by atoms with E-state index >= 15 is 0 Å². The van der Waals surface area contributed by atoms with E-state index in [1.54, 1.807) is 0 Å². The van der Waals surface area contributed by atoms with Crippen LogP contribution in [0.25, 0.3) is 0 Å². The molecule has 0 radical (unpaired) electrons. The van der Waals surface area contributed by atoms with Gasteiger partial charge in [-0.15, -0.1) is 0 Å². The molecule has 0 bridgehead atoms. The zero-order valence-electron chi connectivity index (χ0n) is 13.1. The van der Waals surface area contributed by atoms with E-state index in [-0.39, 0.29) is 0 Å². The summed E-state index contributed by atoms with van der Waals surface area (Å²) in [7, 11) is -3.09. The van der Waals surface area contributed by atoms with Gasteiger partial charge in [-0.2, -0.15) is 0 Å². The van der Waals surface area contributed by atoms with Gasteiger partial charge in [0.2, 0.25) is 10.0 Å². The number of aryl methyl sites for hydroxylation is 1. The number of benzene rings is 1. The normalized spacial score (nSPS) is 17.0. The number of hydrogen-bond donors (Lipinski definition) is 2. The molecule has 1 saturated heterocycles. The van der Waals surface area contributed by atoms with Crippen molar-refractivity contribution in [2.24, 2.45) is 0 Å². The van der Waals surface area contributed by atoms with Crippen LogP contribution in [0.15, 0.2) is 18.2 Å².